The summed E-state index contributed by atoms with van der Waals surface area (Å²) in [5.41, 5.74) is 1.33. The summed E-state index contributed by atoms with van der Waals surface area (Å²) in [6.07, 6.45) is 1.47. The van der Waals surface area contributed by atoms with Gasteiger partial charge in [-0.25, -0.2) is 4.79 Å². The van der Waals surface area contributed by atoms with Crippen LogP contribution in [0, 0.1) is 11.3 Å². The van der Waals surface area contributed by atoms with Crippen LogP contribution < -0.4 is 10.1 Å². The second-order valence-electron chi connectivity index (χ2n) is 4.97. The number of nitrogens with zero attached hydrogens (tertiary/aromatic N) is 1. The van der Waals surface area contributed by atoms with Crippen LogP contribution in [0.1, 0.15) is 15.9 Å². The first-order valence-electron chi connectivity index (χ1n) is 7.33. The van der Waals surface area contributed by atoms with Gasteiger partial charge in [-0.05, 0) is 42.0 Å². The summed E-state index contributed by atoms with van der Waals surface area (Å²) in [4.78, 5) is 23.8. The lowest BCUT2D eigenvalue weighted by atomic mass is 10.1. The number of carbonyl (C=O) groups excluding carboxylic acids is 2. The number of hydrogen-bond acceptors (Lipinski definition) is 5. The molecule has 1 N–H and O–H groups in total. The number of amides is 1. The molecule has 2 aromatic rings. The van der Waals surface area contributed by atoms with Crippen molar-refractivity contribution in [3.63, 3.8) is 0 Å². The van der Waals surface area contributed by atoms with Gasteiger partial charge < -0.3 is 14.8 Å². The Kier molecular flexibility index (Phi) is 5.91. The Morgan fingerprint density at radius 3 is 2.44 bits per heavy atom. The summed E-state index contributed by atoms with van der Waals surface area (Å²) in [6, 6.07) is 15.1. The minimum Gasteiger partial charge on any atom is -0.497 e. The van der Waals surface area contributed by atoms with Gasteiger partial charge in [-0.3, -0.25) is 4.79 Å². The van der Waals surface area contributed by atoms with Gasteiger partial charge in [0.15, 0.2) is 0 Å². The van der Waals surface area contributed by atoms with Gasteiger partial charge in [-0.15, -0.1) is 0 Å². The van der Waals surface area contributed by atoms with Crippen molar-refractivity contribution in [2.45, 2.75) is 0 Å². The number of nitriles is 1. The maximum atomic E-state index is 12.3. The van der Waals surface area contributed by atoms with E-state index < -0.39 is 11.9 Å². The first-order valence-corrected chi connectivity index (χ1v) is 7.33. The molecule has 0 heterocycles. The Morgan fingerprint density at radius 1 is 1.12 bits per heavy atom. The van der Waals surface area contributed by atoms with E-state index in [1.54, 1.807) is 49.6 Å². The van der Waals surface area contributed by atoms with Crippen molar-refractivity contribution in [1.82, 2.24) is 0 Å². The van der Waals surface area contributed by atoms with E-state index in [4.69, 9.17) is 4.74 Å². The molecule has 0 atom stereocenters. The molecular weight excluding hydrogens is 320 g/mol. The second-order valence-corrected chi connectivity index (χ2v) is 4.97. The van der Waals surface area contributed by atoms with Gasteiger partial charge in [0.25, 0.3) is 5.91 Å². The van der Waals surface area contributed by atoms with E-state index in [9.17, 15) is 14.9 Å². The molecule has 0 aliphatic rings. The van der Waals surface area contributed by atoms with Crippen LogP contribution in [0.4, 0.5) is 5.69 Å². The Bertz CT molecular complexity index is 848. The van der Waals surface area contributed by atoms with Crippen molar-refractivity contribution in [2.24, 2.45) is 0 Å². The first-order chi connectivity index (χ1) is 12.1. The minimum atomic E-state index is -0.569. The molecule has 2 aromatic carbocycles. The van der Waals surface area contributed by atoms with Crippen molar-refractivity contribution in [2.75, 3.05) is 19.5 Å². The number of esters is 1. The third kappa shape index (κ3) is 4.69. The molecule has 0 aromatic heterocycles. The Balaban J connectivity index is 2.18. The lowest BCUT2D eigenvalue weighted by Crippen LogP contribution is -2.14. The number of benzene rings is 2. The van der Waals surface area contributed by atoms with Gasteiger partial charge in [0, 0.05) is 5.69 Å². The van der Waals surface area contributed by atoms with Gasteiger partial charge in [0.1, 0.15) is 17.4 Å². The van der Waals surface area contributed by atoms with Crippen molar-refractivity contribution in [1.29, 1.82) is 5.26 Å². The normalized spacial score (nSPS) is 10.5. The zero-order valence-corrected chi connectivity index (χ0v) is 13.8. The number of rotatable bonds is 5. The molecule has 0 saturated heterocycles. The molecule has 1 amide bonds. The van der Waals surface area contributed by atoms with E-state index in [-0.39, 0.29) is 5.57 Å². The van der Waals surface area contributed by atoms with E-state index in [1.165, 1.54) is 19.3 Å². The number of hydrogen-bond donors (Lipinski definition) is 1. The molecule has 0 aliphatic heterocycles. The topological polar surface area (TPSA) is 88.4 Å². The molecule has 0 aliphatic carbocycles. The van der Waals surface area contributed by atoms with Crippen LogP contribution in [0.15, 0.2) is 54.1 Å². The van der Waals surface area contributed by atoms with E-state index in [0.717, 1.165) is 0 Å². The molecule has 6 heteroatoms. The van der Waals surface area contributed by atoms with Crippen LogP contribution in [-0.4, -0.2) is 26.1 Å². The maximum absolute atomic E-state index is 12.3. The highest BCUT2D eigenvalue weighted by Gasteiger charge is 2.11. The van der Waals surface area contributed by atoms with Crippen LogP contribution in [0.2, 0.25) is 0 Å². The zero-order valence-electron chi connectivity index (χ0n) is 13.8. The van der Waals surface area contributed by atoms with Crippen LogP contribution in [0.25, 0.3) is 6.08 Å². The standard InChI is InChI=1S/C19H16N2O4/c1-24-17-8-6-13(7-9-17)10-15(12-20)18(22)21-16-5-3-4-14(11-16)19(23)25-2/h3-11H,1-2H3,(H,21,22). The molecule has 126 valence electrons. The number of nitrogens with one attached hydrogen (secondary N) is 1. The third-order valence-electron chi connectivity index (χ3n) is 3.33. The summed E-state index contributed by atoms with van der Waals surface area (Å²) >= 11 is 0. The lowest BCUT2D eigenvalue weighted by Gasteiger charge is -2.06. The SMILES string of the molecule is COC(=O)c1cccc(NC(=O)C(C#N)=Cc2ccc(OC)cc2)c1. The summed E-state index contributed by atoms with van der Waals surface area (Å²) in [7, 11) is 2.83. The second kappa shape index (κ2) is 8.31. The van der Waals surface area contributed by atoms with Crippen LogP contribution in [-0.2, 0) is 9.53 Å². The fourth-order valence-electron chi connectivity index (χ4n) is 2.06. The number of ether oxygens (including phenoxy) is 2. The fraction of sp³-hybridized carbons (Fsp3) is 0.105. The predicted molar refractivity (Wildman–Crippen MR) is 93.0 cm³/mol. The quantitative estimate of drug-likeness (QED) is 0.515. The Morgan fingerprint density at radius 2 is 1.84 bits per heavy atom. The molecular formula is C19H16N2O4. The predicted octanol–water partition coefficient (Wildman–Crippen LogP) is 3.03. The summed E-state index contributed by atoms with van der Waals surface area (Å²) in [6.45, 7) is 0. The van der Waals surface area contributed by atoms with Gasteiger partial charge in [-0.2, -0.15) is 5.26 Å². The average Bonchev–Trinajstić information content (AvgIpc) is 2.66. The number of carbonyl (C=O) groups is 2. The fourth-order valence-corrected chi connectivity index (χ4v) is 2.06. The lowest BCUT2D eigenvalue weighted by molar-refractivity contribution is -0.112. The Hall–Kier alpha value is -3.59. The summed E-state index contributed by atoms with van der Waals surface area (Å²) in [5.74, 6) is -0.398. The van der Waals surface area contributed by atoms with Crippen LogP contribution >= 0.6 is 0 Å². The Labute approximate surface area is 145 Å². The monoisotopic (exact) mass is 336 g/mol. The smallest absolute Gasteiger partial charge is 0.337 e. The molecule has 6 nitrogen and oxygen atoms in total. The molecule has 2 rings (SSSR count). The van der Waals surface area contributed by atoms with Crippen molar-refractivity contribution >= 4 is 23.6 Å². The molecule has 25 heavy (non-hydrogen) atoms. The molecule has 0 unspecified atom stereocenters. The van der Waals surface area contributed by atoms with Crippen molar-refractivity contribution < 1.29 is 19.1 Å². The minimum absolute atomic E-state index is 0.0614. The average molecular weight is 336 g/mol. The number of methoxy groups -OCH3 is 2. The maximum Gasteiger partial charge on any atom is 0.337 e. The highest BCUT2D eigenvalue weighted by molar-refractivity contribution is 6.10. The van der Waals surface area contributed by atoms with Gasteiger partial charge >= 0.3 is 5.97 Å². The van der Waals surface area contributed by atoms with E-state index in [0.29, 0.717) is 22.6 Å². The van der Waals surface area contributed by atoms with Crippen LogP contribution in [0.3, 0.4) is 0 Å². The molecule has 0 spiro atoms. The molecule has 0 radical (unpaired) electrons. The first kappa shape index (κ1) is 17.8. The van der Waals surface area contributed by atoms with E-state index in [2.05, 4.69) is 10.1 Å². The third-order valence-corrected chi connectivity index (χ3v) is 3.33. The van der Waals surface area contributed by atoms with Gasteiger partial charge in [0.2, 0.25) is 0 Å². The molecule has 0 fully saturated rings. The largest absolute Gasteiger partial charge is 0.497 e. The molecule has 0 saturated carbocycles. The summed E-state index contributed by atoms with van der Waals surface area (Å²) < 4.78 is 9.70. The van der Waals surface area contributed by atoms with Crippen molar-refractivity contribution in [3.8, 4) is 11.8 Å². The van der Waals surface area contributed by atoms with Gasteiger partial charge in [0.05, 0.1) is 19.8 Å². The van der Waals surface area contributed by atoms with Crippen LogP contribution in [0.5, 0.6) is 5.75 Å². The summed E-state index contributed by atoms with van der Waals surface area (Å²) in [5, 5.41) is 11.8. The van der Waals surface area contributed by atoms with E-state index >= 15 is 0 Å². The molecule has 0 bridgehead atoms. The highest BCUT2D eigenvalue weighted by atomic mass is 16.5. The highest BCUT2D eigenvalue weighted by Crippen LogP contribution is 2.16. The van der Waals surface area contributed by atoms with Crippen molar-refractivity contribution in [3.05, 3.63) is 65.2 Å². The van der Waals surface area contributed by atoms with E-state index in [1.807, 2.05) is 6.07 Å². The number of anilines is 1. The zero-order chi connectivity index (χ0) is 18.2. The van der Waals surface area contributed by atoms with Gasteiger partial charge in [-0.1, -0.05) is 18.2 Å².